The minimum atomic E-state index is -0.643. The van der Waals surface area contributed by atoms with Gasteiger partial charge in [0.2, 0.25) is 0 Å². The second-order valence-corrected chi connectivity index (χ2v) is 10.5. The molecule has 7 nitrogen and oxygen atoms in total. The number of Topliss-reactive ketones (excluding diaryl/α,β-unsaturated/α-hetero) is 1. The fourth-order valence-corrected chi connectivity index (χ4v) is 5.55. The number of carbonyl (C=O) groups is 2. The lowest BCUT2D eigenvalue weighted by Crippen LogP contribution is -2.39. The summed E-state index contributed by atoms with van der Waals surface area (Å²) < 4.78 is 18.3. The van der Waals surface area contributed by atoms with E-state index in [9.17, 15) is 9.59 Å². The lowest BCUT2D eigenvalue weighted by molar-refractivity contribution is -0.131. The monoisotopic (exact) mass is 504 g/mol. The highest BCUT2D eigenvalue weighted by atomic mass is 16.5. The van der Waals surface area contributed by atoms with Crippen molar-refractivity contribution in [2.75, 3.05) is 18.1 Å². The molecular formula is C30H36N2O5. The molecule has 3 aliphatic rings. The van der Waals surface area contributed by atoms with Crippen molar-refractivity contribution in [3.8, 4) is 11.5 Å². The zero-order chi connectivity index (χ0) is 26.1. The van der Waals surface area contributed by atoms with Gasteiger partial charge in [0.05, 0.1) is 30.7 Å². The SMILES string of the molecule is CCOc1cc(C2C3=C(OC4CCCCC4C3=O)C(=O)N2c2cccc(C)n2)ccc1OCCC(C)C. The number of rotatable bonds is 8. The Hall–Kier alpha value is -3.35. The summed E-state index contributed by atoms with van der Waals surface area (Å²) in [7, 11) is 0. The quantitative estimate of drug-likeness (QED) is 0.458. The Kier molecular flexibility index (Phi) is 7.22. The number of fused-ring (bicyclic) bond motifs is 1. The molecule has 0 spiro atoms. The van der Waals surface area contributed by atoms with Crippen LogP contribution in [-0.4, -0.2) is 36.0 Å². The highest BCUT2D eigenvalue weighted by molar-refractivity contribution is 6.17. The van der Waals surface area contributed by atoms with Crippen LogP contribution in [0.25, 0.3) is 0 Å². The molecule has 3 unspecified atom stereocenters. The number of benzene rings is 1. The largest absolute Gasteiger partial charge is 0.490 e. The second kappa shape index (κ2) is 10.6. The normalized spacial score (nSPS) is 23.2. The molecule has 196 valence electrons. The van der Waals surface area contributed by atoms with Gasteiger partial charge in [-0.05, 0) is 75.3 Å². The predicted octanol–water partition coefficient (Wildman–Crippen LogP) is 5.71. The number of pyridine rings is 1. The van der Waals surface area contributed by atoms with Crippen LogP contribution in [0.5, 0.6) is 11.5 Å². The van der Waals surface area contributed by atoms with Crippen LogP contribution in [0, 0.1) is 18.8 Å². The maximum atomic E-state index is 13.9. The van der Waals surface area contributed by atoms with E-state index in [0.29, 0.717) is 42.0 Å². The summed E-state index contributed by atoms with van der Waals surface area (Å²) in [4.78, 5) is 34.0. The van der Waals surface area contributed by atoms with E-state index in [2.05, 4.69) is 18.8 Å². The Morgan fingerprint density at radius 3 is 2.65 bits per heavy atom. The number of aryl methyl sites for hydroxylation is 1. The van der Waals surface area contributed by atoms with Gasteiger partial charge in [-0.25, -0.2) is 4.98 Å². The first kappa shape index (κ1) is 25.3. The molecule has 1 aliphatic carbocycles. The van der Waals surface area contributed by atoms with Gasteiger partial charge in [0.1, 0.15) is 11.9 Å². The highest BCUT2D eigenvalue weighted by Crippen LogP contribution is 2.49. The first-order chi connectivity index (χ1) is 17.9. The van der Waals surface area contributed by atoms with E-state index in [1.165, 1.54) is 0 Å². The Labute approximate surface area is 218 Å². The number of carbonyl (C=O) groups excluding carboxylic acids is 2. The highest BCUT2D eigenvalue weighted by Gasteiger charge is 2.52. The van der Waals surface area contributed by atoms with Crippen LogP contribution in [-0.2, 0) is 14.3 Å². The third-order valence-corrected chi connectivity index (χ3v) is 7.42. The van der Waals surface area contributed by atoms with E-state index < -0.39 is 6.04 Å². The van der Waals surface area contributed by atoms with Crippen molar-refractivity contribution in [3.63, 3.8) is 0 Å². The molecule has 2 aliphatic heterocycles. The Balaban J connectivity index is 1.59. The average molecular weight is 505 g/mol. The molecule has 3 atom stereocenters. The molecule has 1 fully saturated rings. The van der Waals surface area contributed by atoms with Crippen molar-refractivity contribution in [1.29, 1.82) is 0 Å². The van der Waals surface area contributed by atoms with Crippen molar-refractivity contribution in [1.82, 2.24) is 4.98 Å². The summed E-state index contributed by atoms with van der Waals surface area (Å²) in [6.07, 6.45) is 4.29. The molecule has 1 aromatic carbocycles. The molecule has 1 amide bonds. The summed E-state index contributed by atoms with van der Waals surface area (Å²) in [5.74, 6) is 1.96. The van der Waals surface area contributed by atoms with Crippen LogP contribution in [0.15, 0.2) is 47.7 Å². The summed E-state index contributed by atoms with van der Waals surface area (Å²) in [5, 5.41) is 0. The smallest absolute Gasteiger partial charge is 0.295 e. The molecule has 3 heterocycles. The van der Waals surface area contributed by atoms with Crippen LogP contribution < -0.4 is 14.4 Å². The number of aromatic nitrogens is 1. The summed E-state index contributed by atoms with van der Waals surface area (Å²) in [5.41, 5.74) is 2.00. The van der Waals surface area contributed by atoms with Crippen molar-refractivity contribution in [2.24, 2.45) is 11.8 Å². The van der Waals surface area contributed by atoms with E-state index >= 15 is 0 Å². The van der Waals surface area contributed by atoms with Crippen molar-refractivity contribution >= 4 is 17.5 Å². The van der Waals surface area contributed by atoms with Crippen LogP contribution in [0.4, 0.5) is 5.82 Å². The Morgan fingerprint density at radius 1 is 1.08 bits per heavy atom. The zero-order valence-electron chi connectivity index (χ0n) is 22.2. The third-order valence-electron chi connectivity index (χ3n) is 7.42. The number of ketones is 1. The maximum absolute atomic E-state index is 13.9. The molecule has 0 saturated heterocycles. The minimum absolute atomic E-state index is 0.0228. The summed E-state index contributed by atoms with van der Waals surface area (Å²) >= 11 is 0. The fraction of sp³-hybridized carbons (Fsp3) is 0.500. The Bertz CT molecular complexity index is 1220. The van der Waals surface area contributed by atoms with Crippen LogP contribution in [0.1, 0.15) is 70.2 Å². The van der Waals surface area contributed by atoms with E-state index in [1.807, 2.05) is 44.2 Å². The van der Waals surface area contributed by atoms with Gasteiger partial charge in [-0.2, -0.15) is 0 Å². The first-order valence-corrected chi connectivity index (χ1v) is 13.5. The third kappa shape index (κ3) is 4.83. The fourth-order valence-electron chi connectivity index (χ4n) is 5.55. The molecule has 7 heteroatoms. The van der Waals surface area contributed by atoms with E-state index in [4.69, 9.17) is 14.2 Å². The lowest BCUT2D eigenvalue weighted by atomic mass is 9.77. The number of hydrogen-bond donors (Lipinski definition) is 0. The number of nitrogens with zero attached hydrogens (tertiary/aromatic N) is 2. The molecule has 1 saturated carbocycles. The van der Waals surface area contributed by atoms with Gasteiger partial charge in [0.25, 0.3) is 5.91 Å². The molecule has 2 aromatic rings. The zero-order valence-corrected chi connectivity index (χ0v) is 22.2. The van der Waals surface area contributed by atoms with Crippen molar-refractivity contribution in [3.05, 3.63) is 59.0 Å². The van der Waals surface area contributed by atoms with Crippen LogP contribution in [0.3, 0.4) is 0 Å². The van der Waals surface area contributed by atoms with Crippen molar-refractivity contribution in [2.45, 2.75) is 71.9 Å². The second-order valence-electron chi connectivity index (χ2n) is 10.5. The van der Waals surface area contributed by atoms with Gasteiger partial charge >= 0.3 is 0 Å². The molecule has 0 bridgehead atoms. The van der Waals surface area contributed by atoms with E-state index in [-0.39, 0.29) is 29.5 Å². The van der Waals surface area contributed by atoms with Gasteiger partial charge in [-0.3, -0.25) is 14.5 Å². The lowest BCUT2D eigenvalue weighted by Gasteiger charge is -2.35. The Morgan fingerprint density at radius 2 is 1.89 bits per heavy atom. The first-order valence-electron chi connectivity index (χ1n) is 13.5. The molecule has 0 radical (unpaired) electrons. The van der Waals surface area contributed by atoms with Gasteiger partial charge in [-0.15, -0.1) is 0 Å². The molecule has 1 aromatic heterocycles. The molecular weight excluding hydrogens is 468 g/mol. The van der Waals surface area contributed by atoms with E-state index in [1.54, 1.807) is 11.0 Å². The van der Waals surface area contributed by atoms with Gasteiger partial charge in [-0.1, -0.05) is 32.4 Å². The van der Waals surface area contributed by atoms with Gasteiger partial charge < -0.3 is 14.2 Å². The predicted molar refractivity (Wildman–Crippen MR) is 141 cm³/mol. The number of amides is 1. The minimum Gasteiger partial charge on any atom is -0.490 e. The van der Waals surface area contributed by atoms with Crippen LogP contribution >= 0.6 is 0 Å². The standard InChI is InChI=1S/C30H36N2O5/c1-5-35-24-17-20(13-14-23(24)36-16-15-18(2)3)27-26-28(33)21-10-6-7-11-22(21)37-29(26)30(34)32(27)25-12-8-9-19(4)31-25/h8-9,12-14,17-18,21-22,27H,5-7,10-11,15-16H2,1-4H3. The van der Waals surface area contributed by atoms with Gasteiger partial charge in [0.15, 0.2) is 23.0 Å². The summed E-state index contributed by atoms with van der Waals surface area (Å²) in [6.45, 7) is 9.19. The molecule has 5 rings (SSSR count). The average Bonchev–Trinajstić information content (AvgIpc) is 3.17. The van der Waals surface area contributed by atoms with E-state index in [0.717, 1.165) is 43.4 Å². The summed E-state index contributed by atoms with van der Waals surface area (Å²) in [6, 6.07) is 10.6. The van der Waals surface area contributed by atoms with Crippen molar-refractivity contribution < 1.29 is 23.8 Å². The molecule has 0 N–H and O–H groups in total. The molecule has 37 heavy (non-hydrogen) atoms. The number of anilines is 1. The van der Waals surface area contributed by atoms with Gasteiger partial charge in [0, 0.05) is 5.69 Å². The number of hydrogen-bond acceptors (Lipinski definition) is 6. The van der Waals surface area contributed by atoms with Crippen LogP contribution in [0.2, 0.25) is 0 Å². The topological polar surface area (TPSA) is 78.0 Å². The maximum Gasteiger partial charge on any atom is 0.295 e. The number of ether oxygens (including phenoxy) is 3.